The summed E-state index contributed by atoms with van der Waals surface area (Å²) in [5.41, 5.74) is 8.69. The van der Waals surface area contributed by atoms with Crippen LogP contribution in [0.4, 0.5) is 0 Å². The van der Waals surface area contributed by atoms with E-state index in [0.29, 0.717) is 5.78 Å². The molecule has 0 aliphatic heterocycles. The van der Waals surface area contributed by atoms with Crippen LogP contribution in [0.25, 0.3) is 0 Å². The zero-order chi connectivity index (χ0) is 25.2. The van der Waals surface area contributed by atoms with Gasteiger partial charge in [0.2, 0.25) is 0 Å². The van der Waals surface area contributed by atoms with E-state index < -0.39 is 5.41 Å². The van der Waals surface area contributed by atoms with Gasteiger partial charge in [-0.05, 0) is 97.9 Å². The lowest BCUT2D eigenvalue weighted by Crippen LogP contribution is -2.68. The highest BCUT2D eigenvalue weighted by molar-refractivity contribution is 5.95. The number of carbonyl (C=O) groups excluding carboxylic acids is 1. The van der Waals surface area contributed by atoms with Crippen LogP contribution >= 0.6 is 0 Å². The molecule has 0 unspecified atom stereocenters. The number of aliphatic hydroxyl groups is 1. The van der Waals surface area contributed by atoms with Gasteiger partial charge >= 0.3 is 0 Å². The number of ketones is 1. The van der Waals surface area contributed by atoms with Crippen LogP contribution in [-0.4, -0.2) is 28.2 Å². The van der Waals surface area contributed by atoms with Crippen LogP contribution in [0.15, 0.2) is 22.4 Å². The zero-order valence-corrected chi connectivity index (χ0v) is 22.5. The van der Waals surface area contributed by atoms with Crippen LogP contribution in [0.2, 0.25) is 0 Å². The summed E-state index contributed by atoms with van der Waals surface area (Å²) in [4.78, 5) is 14.3. The van der Waals surface area contributed by atoms with Crippen molar-refractivity contribution in [1.82, 2.24) is 5.16 Å². The van der Waals surface area contributed by atoms with Gasteiger partial charge in [0, 0.05) is 17.0 Å². The minimum Gasteiger partial charge on any atom is -0.395 e. The second-order valence-corrected chi connectivity index (χ2v) is 14.8. The van der Waals surface area contributed by atoms with Crippen LogP contribution in [0.1, 0.15) is 97.8 Å². The third kappa shape index (κ3) is 2.78. The van der Waals surface area contributed by atoms with E-state index in [2.05, 4.69) is 52.8 Å². The van der Waals surface area contributed by atoms with E-state index in [1.165, 1.54) is 5.57 Å². The summed E-state index contributed by atoms with van der Waals surface area (Å²) in [7, 11) is 0. The van der Waals surface area contributed by atoms with Crippen molar-refractivity contribution in [2.45, 2.75) is 104 Å². The summed E-state index contributed by atoms with van der Waals surface area (Å²) in [6, 6.07) is 0. The Morgan fingerprint density at radius 3 is 2.51 bits per heavy atom. The first-order valence-corrected chi connectivity index (χ1v) is 13.8. The molecule has 1 aromatic heterocycles. The smallest absolute Gasteiger partial charge is 0.159 e. The highest BCUT2D eigenvalue weighted by Crippen LogP contribution is 2.73. The molecule has 0 amide bonds. The molecule has 5 heteroatoms. The highest BCUT2D eigenvalue weighted by atomic mass is 16.5. The van der Waals surface area contributed by atoms with Gasteiger partial charge in [-0.25, -0.2) is 0 Å². The molecule has 5 aliphatic rings. The van der Waals surface area contributed by atoms with Crippen molar-refractivity contribution in [3.63, 3.8) is 0 Å². The van der Waals surface area contributed by atoms with Crippen LogP contribution in [0.3, 0.4) is 0 Å². The van der Waals surface area contributed by atoms with Gasteiger partial charge in [-0.15, -0.1) is 0 Å². The molecule has 0 saturated heterocycles. The number of hydrogen-bond acceptors (Lipinski definition) is 5. The van der Waals surface area contributed by atoms with E-state index in [1.807, 2.05) is 6.20 Å². The lowest BCUT2D eigenvalue weighted by molar-refractivity contribution is -0.158. The van der Waals surface area contributed by atoms with Crippen molar-refractivity contribution in [2.75, 3.05) is 6.61 Å². The lowest BCUT2D eigenvalue weighted by Gasteiger charge is -2.69. The predicted molar refractivity (Wildman–Crippen MR) is 136 cm³/mol. The molecule has 0 spiro atoms. The van der Waals surface area contributed by atoms with Crippen LogP contribution < -0.4 is 5.73 Å². The maximum absolute atomic E-state index is 14.3. The Kier molecular flexibility index (Phi) is 4.71. The van der Waals surface area contributed by atoms with Crippen LogP contribution in [-0.2, 0) is 16.6 Å². The second kappa shape index (κ2) is 6.89. The monoisotopic (exact) mass is 480 g/mol. The maximum atomic E-state index is 14.3. The van der Waals surface area contributed by atoms with E-state index >= 15 is 0 Å². The minimum atomic E-state index is -0.492. The average Bonchev–Trinajstić information content (AvgIpc) is 3.25. The average molecular weight is 481 g/mol. The van der Waals surface area contributed by atoms with Gasteiger partial charge in [0.1, 0.15) is 5.76 Å². The number of nitrogens with zero attached hydrogens (tertiary/aromatic N) is 1. The minimum absolute atomic E-state index is 0.00584. The van der Waals surface area contributed by atoms with E-state index in [-0.39, 0.29) is 51.6 Å². The summed E-state index contributed by atoms with van der Waals surface area (Å²) in [5.74, 6) is 1.59. The molecule has 0 bridgehead atoms. The standard InChI is InChI=1S/C30H44N2O3/c1-25(2)9-11-30(31)12-10-29(6)23(19(30)15-25)20(34)13-22-26(3)14-18-16-32-35-24(18)27(4,17-33)21(26)7-8-28(22,29)5/h13,16,19,21,23,33H,7-12,14-15,17,31H2,1-6H3/t19-,21+,23-,26-,27-,28+,29+,30-/m0/s1. The number of carbonyl (C=O) groups is 1. The fourth-order valence-corrected chi connectivity index (χ4v) is 10.3. The number of aromatic nitrogens is 1. The molecule has 8 atom stereocenters. The molecule has 3 saturated carbocycles. The molecule has 1 aromatic rings. The molecule has 0 radical (unpaired) electrons. The Balaban J connectivity index is 1.50. The lowest BCUT2D eigenvalue weighted by atomic mass is 9.34. The summed E-state index contributed by atoms with van der Waals surface area (Å²) < 4.78 is 5.72. The van der Waals surface area contributed by atoms with Crippen molar-refractivity contribution >= 4 is 5.78 Å². The van der Waals surface area contributed by atoms with Crippen LogP contribution in [0.5, 0.6) is 0 Å². The highest BCUT2D eigenvalue weighted by Gasteiger charge is 2.69. The number of allylic oxidation sites excluding steroid dienone is 2. The summed E-state index contributed by atoms with van der Waals surface area (Å²) in [5, 5.41) is 14.8. The third-order valence-electron chi connectivity index (χ3n) is 12.6. The van der Waals surface area contributed by atoms with E-state index in [4.69, 9.17) is 10.3 Å². The molecule has 5 nitrogen and oxygen atoms in total. The van der Waals surface area contributed by atoms with Gasteiger partial charge in [0.05, 0.1) is 18.2 Å². The number of hydrogen-bond donors (Lipinski definition) is 2. The topological polar surface area (TPSA) is 89.4 Å². The fourth-order valence-electron chi connectivity index (χ4n) is 10.3. The van der Waals surface area contributed by atoms with Crippen LogP contribution in [0, 0.1) is 39.4 Å². The largest absolute Gasteiger partial charge is 0.395 e. The Labute approximate surface area is 210 Å². The fraction of sp³-hybridized carbons (Fsp3) is 0.800. The number of fused-ring (bicyclic) bond motifs is 8. The number of nitrogens with two attached hydrogens (primary N) is 1. The quantitative estimate of drug-likeness (QED) is 0.565. The van der Waals surface area contributed by atoms with Gasteiger partial charge in [-0.3, -0.25) is 4.79 Å². The molecule has 192 valence electrons. The summed E-state index contributed by atoms with van der Waals surface area (Å²) in [6.45, 7) is 14.1. The Bertz CT molecular complexity index is 1120. The normalized spacial score (nSPS) is 50.2. The van der Waals surface area contributed by atoms with Crippen molar-refractivity contribution in [3.8, 4) is 0 Å². The van der Waals surface area contributed by atoms with Gasteiger partial charge in [-0.1, -0.05) is 45.3 Å². The predicted octanol–water partition coefficient (Wildman–Crippen LogP) is 5.35. The molecule has 1 heterocycles. The first-order chi connectivity index (χ1) is 16.2. The van der Waals surface area contributed by atoms with Gasteiger partial charge in [-0.2, -0.15) is 0 Å². The SMILES string of the molecule is CC1(C)CC[C@]2(N)CC[C@]3(C)[C@H](C(=O)C=C4[C@@]5(C)Cc6cnoc6[C@@](C)(CO)[C@@H]5CC[C@]43C)[C@@H]2C1. The zero-order valence-electron chi connectivity index (χ0n) is 22.5. The maximum Gasteiger partial charge on any atom is 0.159 e. The molecule has 6 rings (SSSR count). The molecule has 35 heavy (non-hydrogen) atoms. The first-order valence-electron chi connectivity index (χ1n) is 13.8. The Morgan fingerprint density at radius 1 is 1.09 bits per heavy atom. The molecular formula is C30H44N2O3. The van der Waals surface area contributed by atoms with E-state index in [9.17, 15) is 9.90 Å². The Hall–Kier alpha value is -1.46. The molecular weight excluding hydrogens is 436 g/mol. The second-order valence-electron chi connectivity index (χ2n) is 14.8. The van der Waals surface area contributed by atoms with E-state index in [1.54, 1.807) is 0 Å². The first kappa shape index (κ1) is 23.9. The van der Waals surface area contributed by atoms with Crippen molar-refractivity contribution in [3.05, 3.63) is 29.2 Å². The number of aliphatic hydroxyl groups excluding tert-OH is 1. The van der Waals surface area contributed by atoms with E-state index in [0.717, 1.165) is 62.7 Å². The van der Waals surface area contributed by atoms with Gasteiger partial charge in [0.25, 0.3) is 0 Å². The van der Waals surface area contributed by atoms with Gasteiger partial charge < -0.3 is 15.4 Å². The Morgan fingerprint density at radius 2 is 1.80 bits per heavy atom. The molecule has 0 aromatic carbocycles. The molecule has 5 aliphatic carbocycles. The molecule has 3 N–H and O–H groups in total. The van der Waals surface area contributed by atoms with Crippen molar-refractivity contribution in [2.24, 2.45) is 45.1 Å². The summed E-state index contributed by atoms with van der Waals surface area (Å²) in [6.07, 6.45) is 12.0. The van der Waals surface area contributed by atoms with Crippen molar-refractivity contribution < 1.29 is 14.4 Å². The van der Waals surface area contributed by atoms with Gasteiger partial charge in [0.15, 0.2) is 5.78 Å². The van der Waals surface area contributed by atoms with Crippen molar-refractivity contribution in [1.29, 1.82) is 0 Å². The molecule has 3 fully saturated rings. The summed E-state index contributed by atoms with van der Waals surface area (Å²) >= 11 is 0. The number of rotatable bonds is 1. The third-order valence-corrected chi connectivity index (χ3v) is 12.6.